The van der Waals surface area contributed by atoms with E-state index in [2.05, 4.69) is 20.4 Å². The summed E-state index contributed by atoms with van der Waals surface area (Å²) >= 11 is 0. The number of aromatic nitrogens is 4. The van der Waals surface area contributed by atoms with Crippen molar-refractivity contribution in [2.24, 2.45) is 5.41 Å². The Morgan fingerprint density at radius 2 is 1.81 bits per heavy atom. The van der Waals surface area contributed by atoms with Crippen LogP contribution in [0.1, 0.15) is 55.5 Å². The van der Waals surface area contributed by atoms with Crippen LogP contribution in [-0.4, -0.2) is 62.2 Å². The molecule has 254 valence electrons. The Kier molecular flexibility index (Phi) is 8.79. The molecule has 10 nitrogen and oxygen atoms in total. The number of hydrogen-bond donors (Lipinski definition) is 3. The van der Waals surface area contributed by atoms with E-state index in [0.29, 0.717) is 60.6 Å². The van der Waals surface area contributed by atoms with Gasteiger partial charge in [0.15, 0.2) is 0 Å². The first-order valence-electron chi connectivity index (χ1n) is 15.8. The number of nitrogens with zero attached hydrogens (tertiary/aromatic N) is 5. The van der Waals surface area contributed by atoms with Gasteiger partial charge in [0.05, 0.1) is 11.4 Å². The number of nitrogens with two attached hydrogens (primary N) is 1. The van der Waals surface area contributed by atoms with E-state index in [1.165, 1.54) is 28.9 Å². The minimum absolute atomic E-state index is 0.0499. The number of carbonyl (C=O) groups is 1. The molecule has 48 heavy (non-hydrogen) atoms. The molecule has 0 bridgehead atoms. The molecule has 2 aromatic heterocycles. The summed E-state index contributed by atoms with van der Waals surface area (Å²) in [6.07, 6.45) is -3.10. The van der Waals surface area contributed by atoms with Gasteiger partial charge in [-0.15, -0.1) is 0 Å². The van der Waals surface area contributed by atoms with Gasteiger partial charge in [0.25, 0.3) is 0 Å². The second-order valence-corrected chi connectivity index (χ2v) is 12.7. The Balaban J connectivity index is 1.31. The summed E-state index contributed by atoms with van der Waals surface area (Å²) in [7, 11) is 0. The molecule has 2 aromatic carbocycles. The third kappa shape index (κ3) is 6.53. The minimum atomic E-state index is -4.87. The Morgan fingerprint density at radius 1 is 1.10 bits per heavy atom. The molecule has 0 aliphatic carbocycles. The van der Waals surface area contributed by atoms with Crippen molar-refractivity contribution < 1.29 is 32.2 Å². The summed E-state index contributed by atoms with van der Waals surface area (Å²) in [5.74, 6) is -1.52. The molecule has 14 heteroatoms. The van der Waals surface area contributed by atoms with Gasteiger partial charge in [-0.3, -0.25) is 4.79 Å². The molecule has 3 atom stereocenters. The van der Waals surface area contributed by atoms with E-state index in [-0.39, 0.29) is 40.4 Å². The predicted octanol–water partition coefficient (Wildman–Crippen LogP) is 6.16. The number of hydrogen-bond acceptors (Lipinski definition) is 8. The Bertz CT molecular complexity index is 1820. The highest BCUT2D eigenvalue weighted by molar-refractivity contribution is 5.74. The van der Waals surface area contributed by atoms with Crippen LogP contribution in [0.4, 0.5) is 29.3 Å². The van der Waals surface area contributed by atoms with Crippen molar-refractivity contribution in [1.29, 1.82) is 0 Å². The summed E-state index contributed by atoms with van der Waals surface area (Å²) in [6.45, 7) is 6.39. The van der Waals surface area contributed by atoms with Crippen molar-refractivity contribution in [2.45, 2.75) is 70.8 Å². The Morgan fingerprint density at radius 3 is 2.44 bits per heavy atom. The highest BCUT2D eigenvalue weighted by Gasteiger charge is 2.50. The minimum Gasteiger partial charge on any atom is -0.480 e. The normalized spacial score (nSPS) is 19.9. The fraction of sp³-hybridized carbons (Fsp3) is 0.412. The predicted molar refractivity (Wildman–Crippen MR) is 171 cm³/mol. The fourth-order valence-corrected chi connectivity index (χ4v) is 7.07. The van der Waals surface area contributed by atoms with Crippen molar-refractivity contribution in [3.8, 4) is 22.7 Å². The van der Waals surface area contributed by atoms with Crippen LogP contribution in [0.3, 0.4) is 0 Å². The molecule has 2 aliphatic heterocycles. The van der Waals surface area contributed by atoms with Gasteiger partial charge in [-0.05, 0) is 85.9 Å². The number of carboxylic acid groups (broad SMARTS) is 1. The first kappa shape index (κ1) is 33.2. The molecule has 0 amide bonds. The summed E-state index contributed by atoms with van der Waals surface area (Å²) in [5, 5.41) is 17.2. The molecule has 1 spiro atoms. The molecular formula is C34H37F4N7O3. The monoisotopic (exact) mass is 667 g/mol. The number of alkyl halides is 3. The van der Waals surface area contributed by atoms with E-state index in [9.17, 15) is 27.5 Å². The van der Waals surface area contributed by atoms with Crippen LogP contribution in [0, 0.1) is 25.1 Å². The van der Waals surface area contributed by atoms with Crippen molar-refractivity contribution in [1.82, 2.24) is 25.1 Å². The second-order valence-electron chi connectivity index (χ2n) is 12.7. The molecule has 2 aliphatic rings. The van der Waals surface area contributed by atoms with Crippen LogP contribution >= 0.6 is 0 Å². The SMILES string of the molecule is CCC1NC(C(=O)O)CC12CCN(c1cc(O[C@H](c3ccc(-c4ccc(F)c(C)c4)cc3-n3ccc(C)n3)C(F)(F)F)nc(N)n1)CC2. The van der Waals surface area contributed by atoms with Gasteiger partial charge in [-0.2, -0.15) is 28.2 Å². The van der Waals surface area contributed by atoms with Gasteiger partial charge in [-0.25, -0.2) is 9.07 Å². The van der Waals surface area contributed by atoms with E-state index in [1.807, 2.05) is 11.8 Å². The van der Waals surface area contributed by atoms with Crippen molar-refractivity contribution >= 4 is 17.7 Å². The van der Waals surface area contributed by atoms with Gasteiger partial charge in [0, 0.05) is 37.0 Å². The van der Waals surface area contributed by atoms with Crippen LogP contribution < -0.4 is 20.7 Å². The zero-order valence-corrected chi connectivity index (χ0v) is 26.8. The van der Waals surface area contributed by atoms with E-state index >= 15 is 0 Å². The number of halogens is 4. The van der Waals surface area contributed by atoms with Crippen molar-refractivity contribution in [2.75, 3.05) is 23.7 Å². The summed E-state index contributed by atoms with van der Waals surface area (Å²) < 4.78 is 65.6. The maximum absolute atomic E-state index is 14.9. The van der Waals surface area contributed by atoms with Gasteiger partial charge in [0.1, 0.15) is 17.7 Å². The standard InChI is InChI=1S/C34H37F4N7O3/c1-4-27-33(18-25(40-27)31(46)47)10-13-44(14-11-33)28-17-29(42-32(39)41-28)48-30(34(36,37)38)23-7-5-22(21-6-8-24(35)19(2)15-21)16-26(23)45-12-9-20(3)43-45/h5-9,12,15-17,25,27,30,40H,4,10-11,13-14,18H2,1-3H3,(H,46,47)(H2,39,41,42)/t25?,27?,30-/m1/s1. The third-order valence-corrected chi connectivity index (χ3v) is 9.56. The van der Waals surface area contributed by atoms with Crippen LogP contribution in [0.25, 0.3) is 16.8 Å². The summed E-state index contributed by atoms with van der Waals surface area (Å²) in [5.41, 5.74) is 7.92. The number of carboxylic acids is 1. The maximum atomic E-state index is 14.9. The summed E-state index contributed by atoms with van der Waals surface area (Å²) in [6, 6.07) is 11.4. The van der Waals surface area contributed by atoms with Crippen molar-refractivity contribution in [3.05, 3.63) is 77.4 Å². The van der Waals surface area contributed by atoms with Crippen LogP contribution in [-0.2, 0) is 4.79 Å². The molecule has 0 radical (unpaired) electrons. The summed E-state index contributed by atoms with van der Waals surface area (Å²) in [4.78, 5) is 21.9. The van der Waals surface area contributed by atoms with E-state index in [4.69, 9.17) is 10.5 Å². The number of ether oxygens (including phenoxy) is 1. The number of aliphatic carboxylic acids is 1. The Hall–Kier alpha value is -4.72. The number of benzene rings is 2. The largest absolute Gasteiger partial charge is 0.480 e. The first-order chi connectivity index (χ1) is 22.8. The number of piperidine rings is 1. The van der Waals surface area contributed by atoms with Gasteiger partial charge < -0.3 is 25.8 Å². The lowest BCUT2D eigenvalue weighted by molar-refractivity contribution is -0.198. The molecule has 2 unspecified atom stereocenters. The highest BCUT2D eigenvalue weighted by atomic mass is 19.4. The molecule has 2 fully saturated rings. The van der Waals surface area contributed by atoms with Gasteiger partial charge in [-0.1, -0.05) is 25.1 Å². The average Bonchev–Trinajstić information content (AvgIpc) is 3.64. The molecule has 4 heterocycles. The topological polar surface area (TPSA) is 131 Å². The Labute approximate surface area is 274 Å². The lowest BCUT2D eigenvalue weighted by Crippen LogP contribution is -2.46. The van der Waals surface area contributed by atoms with Crippen molar-refractivity contribution in [3.63, 3.8) is 0 Å². The number of anilines is 2. The molecule has 6 rings (SSSR count). The zero-order valence-electron chi connectivity index (χ0n) is 26.8. The van der Waals surface area contributed by atoms with Crippen LogP contribution in [0.15, 0.2) is 54.7 Å². The van der Waals surface area contributed by atoms with Gasteiger partial charge in [0.2, 0.25) is 17.9 Å². The number of nitrogen functional groups attached to an aromatic ring is 1. The molecule has 4 N–H and O–H groups in total. The smallest absolute Gasteiger partial charge is 0.429 e. The lowest BCUT2D eigenvalue weighted by Gasteiger charge is -2.43. The van der Waals surface area contributed by atoms with E-state index < -0.39 is 24.3 Å². The molecule has 0 saturated carbocycles. The highest BCUT2D eigenvalue weighted by Crippen LogP contribution is 2.46. The average molecular weight is 668 g/mol. The zero-order chi connectivity index (χ0) is 34.4. The van der Waals surface area contributed by atoms with E-state index in [1.54, 1.807) is 44.3 Å². The quantitative estimate of drug-likeness (QED) is 0.189. The van der Waals surface area contributed by atoms with E-state index in [0.717, 1.165) is 6.42 Å². The third-order valence-electron chi connectivity index (χ3n) is 9.56. The number of rotatable bonds is 8. The first-order valence-corrected chi connectivity index (χ1v) is 15.8. The molecular weight excluding hydrogens is 630 g/mol. The van der Waals surface area contributed by atoms with Gasteiger partial charge >= 0.3 is 12.1 Å². The molecule has 2 saturated heterocycles. The van der Waals surface area contributed by atoms with Crippen LogP contribution in [0.2, 0.25) is 0 Å². The van der Waals surface area contributed by atoms with Crippen LogP contribution in [0.5, 0.6) is 5.88 Å². The lowest BCUT2D eigenvalue weighted by atomic mass is 9.71. The fourth-order valence-electron chi connectivity index (χ4n) is 7.07. The maximum Gasteiger partial charge on any atom is 0.429 e. The molecule has 4 aromatic rings. The second kappa shape index (κ2) is 12.7. The number of nitrogens with one attached hydrogen (secondary N) is 1. The number of aryl methyl sites for hydroxylation is 2.